The summed E-state index contributed by atoms with van der Waals surface area (Å²) >= 11 is 1.62. The predicted molar refractivity (Wildman–Crippen MR) is 51.3 cm³/mol. The molecule has 1 N–H and O–H groups in total. The Hall–Kier alpha value is -1.42. The molecule has 66 valence electrons. The maximum absolute atomic E-state index is 10.6. The summed E-state index contributed by atoms with van der Waals surface area (Å²) in [5.74, 6) is -0.981. The fraction of sp³-hybridized carbons (Fsp3) is 0.111. The van der Waals surface area contributed by atoms with Crippen LogP contribution < -0.4 is 0 Å². The number of fused-ring (bicyclic) bond motifs is 1. The van der Waals surface area contributed by atoms with E-state index in [2.05, 4.69) is 4.98 Å². The molecule has 0 amide bonds. The van der Waals surface area contributed by atoms with Crippen LogP contribution in [0.4, 0.5) is 0 Å². The number of aromatic carboxylic acids is 1. The van der Waals surface area contributed by atoms with E-state index in [0.29, 0.717) is 0 Å². The van der Waals surface area contributed by atoms with Crippen LogP contribution >= 0.6 is 11.3 Å². The Labute approximate surface area is 78.7 Å². The monoisotopic (exact) mass is 193 g/mol. The van der Waals surface area contributed by atoms with Gasteiger partial charge >= 0.3 is 5.97 Å². The highest BCUT2D eigenvalue weighted by atomic mass is 32.1. The zero-order chi connectivity index (χ0) is 9.42. The number of aromatic nitrogens is 1. The molecule has 4 heteroatoms. The summed E-state index contributed by atoms with van der Waals surface area (Å²) in [7, 11) is 0. The molecule has 0 aromatic carbocycles. The highest BCUT2D eigenvalue weighted by Crippen LogP contribution is 2.23. The zero-order valence-corrected chi connectivity index (χ0v) is 7.76. The zero-order valence-electron chi connectivity index (χ0n) is 6.94. The van der Waals surface area contributed by atoms with Gasteiger partial charge in [0.1, 0.15) is 5.69 Å². The number of nitrogens with zero attached hydrogens (tertiary/aromatic N) is 1. The van der Waals surface area contributed by atoms with Crippen LogP contribution in [-0.2, 0) is 0 Å². The molecule has 0 spiro atoms. The van der Waals surface area contributed by atoms with Crippen LogP contribution in [0.2, 0.25) is 0 Å². The van der Waals surface area contributed by atoms with Gasteiger partial charge in [0.05, 0.1) is 10.2 Å². The first-order chi connectivity index (χ1) is 6.16. The Kier molecular flexibility index (Phi) is 1.77. The summed E-state index contributed by atoms with van der Waals surface area (Å²) in [6, 6.07) is 5.22. The van der Waals surface area contributed by atoms with Crippen molar-refractivity contribution in [2.75, 3.05) is 0 Å². The van der Waals surface area contributed by atoms with E-state index in [4.69, 9.17) is 5.11 Å². The van der Waals surface area contributed by atoms with Gasteiger partial charge in [0, 0.05) is 4.88 Å². The Morgan fingerprint density at radius 1 is 1.54 bits per heavy atom. The molecule has 2 rings (SSSR count). The van der Waals surface area contributed by atoms with Gasteiger partial charge in [-0.15, -0.1) is 11.3 Å². The van der Waals surface area contributed by atoms with E-state index >= 15 is 0 Å². The quantitative estimate of drug-likeness (QED) is 0.756. The van der Waals surface area contributed by atoms with Crippen molar-refractivity contribution in [2.45, 2.75) is 6.92 Å². The number of aryl methyl sites for hydroxylation is 1. The number of pyridine rings is 1. The molecule has 2 aromatic heterocycles. The number of carboxylic acid groups (broad SMARTS) is 1. The molecular formula is C9H7NO2S. The Morgan fingerprint density at radius 2 is 2.31 bits per heavy atom. The third-order valence-corrected chi connectivity index (χ3v) is 2.72. The molecule has 3 nitrogen and oxygen atoms in total. The first-order valence-corrected chi connectivity index (χ1v) is 4.59. The minimum Gasteiger partial charge on any atom is -0.477 e. The third kappa shape index (κ3) is 1.40. The summed E-state index contributed by atoms with van der Waals surface area (Å²) < 4.78 is 1.03. The van der Waals surface area contributed by atoms with Crippen LogP contribution in [0.5, 0.6) is 0 Å². The van der Waals surface area contributed by atoms with Gasteiger partial charge in [-0.3, -0.25) is 0 Å². The van der Waals surface area contributed by atoms with E-state index in [1.807, 2.05) is 13.0 Å². The number of hydrogen-bond donors (Lipinski definition) is 1. The molecule has 0 atom stereocenters. The second kappa shape index (κ2) is 2.81. The standard InChI is InChI=1S/C9H7NO2S/c1-5-4-7-8(13-5)3-2-6(10-7)9(11)12/h2-4H,1H3,(H,11,12). The lowest BCUT2D eigenvalue weighted by Gasteiger charge is -1.92. The summed E-state index contributed by atoms with van der Waals surface area (Å²) in [6.45, 7) is 1.98. The number of carboxylic acids is 1. The van der Waals surface area contributed by atoms with Crippen molar-refractivity contribution in [2.24, 2.45) is 0 Å². The molecule has 2 aromatic rings. The largest absolute Gasteiger partial charge is 0.477 e. The van der Waals surface area contributed by atoms with Crippen LogP contribution in [0, 0.1) is 6.92 Å². The van der Waals surface area contributed by atoms with E-state index in [0.717, 1.165) is 15.1 Å². The predicted octanol–water partition coefficient (Wildman–Crippen LogP) is 2.30. The van der Waals surface area contributed by atoms with Crippen molar-refractivity contribution < 1.29 is 9.90 Å². The molecule has 0 fully saturated rings. The topological polar surface area (TPSA) is 50.2 Å². The maximum atomic E-state index is 10.6. The second-order valence-electron chi connectivity index (χ2n) is 2.74. The number of carbonyl (C=O) groups is 1. The van der Waals surface area contributed by atoms with E-state index in [1.54, 1.807) is 17.4 Å². The van der Waals surface area contributed by atoms with E-state index in [9.17, 15) is 4.79 Å². The average Bonchev–Trinajstić information content (AvgIpc) is 2.42. The lowest BCUT2D eigenvalue weighted by atomic mass is 10.3. The van der Waals surface area contributed by atoms with Crippen LogP contribution in [0.3, 0.4) is 0 Å². The third-order valence-electron chi connectivity index (χ3n) is 1.72. The van der Waals surface area contributed by atoms with Crippen molar-refractivity contribution in [3.05, 3.63) is 28.8 Å². The van der Waals surface area contributed by atoms with Gasteiger partial charge in [0.2, 0.25) is 0 Å². The molecule has 13 heavy (non-hydrogen) atoms. The van der Waals surface area contributed by atoms with Gasteiger partial charge in [-0.2, -0.15) is 0 Å². The van der Waals surface area contributed by atoms with Gasteiger partial charge in [0.25, 0.3) is 0 Å². The molecule has 0 radical (unpaired) electrons. The smallest absolute Gasteiger partial charge is 0.354 e. The second-order valence-corrected chi connectivity index (χ2v) is 4.03. The van der Waals surface area contributed by atoms with Crippen molar-refractivity contribution in [3.8, 4) is 0 Å². The average molecular weight is 193 g/mol. The summed E-state index contributed by atoms with van der Waals surface area (Å²) in [5, 5.41) is 8.69. The van der Waals surface area contributed by atoms with Gasteiger partial charge in [-0.25, -0.2) is 9.78 Å². The minimum absolute atomic E-state index is 0.102. The van der Waals surface area contributed by atoms with Crippen molar-refractivity contribution >= 4 is 27.5 Å². The number of hydrogen-bond acceptors (Lipinski definition) is 3. The summed E-state index contributed by atoms with van der Waals surface area (Å²) in [5.41, 5.74) is 0.868. The molecule has 0 unspecified atom stereocenters. The van der Waals surface area contributed by atoms with Gasteiger partial charge in [-0.05, 0) is 25.1 Å². The highest BCUT2D eigenvalue weighted by molar-refractivity contribution is 7.18. The van der Waals surface area contributed by atoms with Crippen LogP contribution in [0.15, 0.2) is 18.2 Å². The SMILES string of the molecule is Cc1cc2nc(C(=O)O)ccc2s1. The first kappa shape index (κ1) is 8.19. The van der Waals surface area contributed by atoms with Gasteiger partial charge < -0.3 is 5.11 Å². The Balaban J connectivity index is 2.67. The molecule has 0 aliphatic carbocycles. The summed E-state index contributed by atoms with van der Waals surface area (Å²) in [6.07, 6.45) is 0. The van der Waals surface area contributed by atoms with Gasteiger partial charge in [-0.1, -0.05) is 0 Å². The van der Waals surface area contributed by atoms with Crippen molar-refractivity contribution in [1.29, 1.82) is 0 Å². The minimum atomic E-state index is -0.981. The molecule has 0 bridgehead atoms. The van der Waals surface area contributed by atoms with Crippen LogP contribution in [-0.4, -0.2) is 16.1 Å². The molecule has 0 aliphatic heterocycles. The normalized spacial score (nSPS) is 10.5. The number of thiophene rings is 1. The van der Waals surface area contributed by atoms with E-state index < -0.39 is 5.97 Å². The molecule has 2 heterocycles. The van der Waals surface area contributed by atoms with Crippen molar-refractivity contribution in [1.82, 2.24) is 4.98 Å². The highest BCUT2D eigenvalue weighted by Gasteiger charge is 2.06. The van der Waals surface area contributed by atoms with E-state index in [1.165, 1.54) is 6.07 Å². The van der Waals surface area contributed by atoms with Crippen LogP contribution in [0.25, 0.3) is 10.2 Å². The summed E-state index contributed by atoms with van der Waals surface area (Å²) in [4.78, 5) is 15.7. The molecular weight excluding hydrogens is 186 g/mol. The number of rotatable bonds is 1. The maximum Gasteiger partial charge on any atom is 0.354 e. The first-order valence-electron chi connectivity index (χ1n) is 3.77. The van der Waals surface area contributed by atoms with E-state index in [-0.39, 0.29) is 5.69 Å². The Bertz CT molecular complexity index is 475. The van der Waals surface area contributed by atoms with Crippen molar-refractivity contribution in [3.63, 3.8) is 0 Å². The molecule has 0 saturated heterocycles. The lowest BCUT2D eigenvalue weighted by Crippen LogP contribution is -1.98. The van der Waals surface area contributed by atoms with Gasteiger partial charge in [0.15, 0.2) is 0 Å². The fourth-order valence-corrected chi connectivity index (χ4v) is 2.03. The fourth-order valence-electron chi connectivity index (χ4n) is 1.17. The Morgan fingerprint density at radius 3 is 3.00 bits per heavy atom. The molecule has 0 saturated carbocycles. The van der Waals surface area contributed by atoms with Crippen LogP contribution in [0.1, 0.15) is 15.4 Å². The molecule has 0 aliphatic rings. The lowest BCUT2D eigenvalue weighted by molar-refractivity contribution is 0.0691.